The van der Waals surface area contributed by atoms with Crippen LogP contribution in [0.25, 0.3) is 0 Å². The van der Waals surface area contributed by atoms with E-state index in [2.05, 4.69) is 5.32 Å². The largest absolute Gasteiger partial charge is 0.481 e. The fourth-order valence-corrected chi connectivity index (χ4v) is 3.15. The van der Waals surface area contributed by atoms with E-state index in [0.29, 0.717) is 12.5 Å². The molecule has 1 fully saturated rings. The molecular weight excluding hydrogens is 264 g/mol. The van der Waals surface area contributed by atoms with E-state index < -0.39 is 5.97 Å². The van der Waals surface area contributed by atoms with Crippen molar-refractivity contribution >= 4 is 23.2 Å². The van der Waals surface area contributed by atoms with E-state index in [-0.39, 0.29) is 12.3 Å². The van der Waals surface area contributed by atoms with Crippen LogP contribution in [0.3, 0.4) is 0 Å². The number of hydrogen-bond donors (Lipinski definition) is 2. The summed E-state index contributed by atoms with van der Waals surface area (Å²) in [4.78, 5) is 25.7. The quantitative estimate of drug-likeness (QED) is 0.848. The van der Waals surface area contributed by atoms with E-state index in [0.717, 1.165) is 29.3 Å². The second kappa shape index (κ2) is 6.16. The number of carboxylic acid groups (broad SMARTS) is 1. The van der Waals surface area contributed by atoms with Gasteiger partial charge in [0.15, 0.2) is 0 Å². The number of carboxylic acids is 1. The van der Waals surface area contributed by atoms with E-state index in [1.54, 1.807) is 4.90 Å². The minimum Gasteiger partial charge on any atom is -0.481 e. The lowest BCUT2D eigenvalue weighted by atomic mass is 10.1. The zero-order valence-corrected chi connectivity index (χ0v) is 11.7. The molecular formula is C13H18N2O3S. The molecule has 2 heterocycles. The van der Waals surface area contributed by atoms with Gasteiger partial charge < -0.3 is 15.3 Å². The molecule has 2 rings (SSSR count). The summed E-state index contributed by atoms with van der Waals surface area (Å²) in [6.07, 6.45) is 1.56. The first-order chi connectivity index (χ1) is 9.04. The van der Waals surface area contributed by atoms with Crippen LogP contribution in [0.15, 0.2) is 12.1 Å². The maximum Gasteiger partial charge on any atom is 0.308 e. The SMILES string of the molecule is CN1CC(NCc2ccc(CC(=O)O)s2)CCC1=O. The fourth-order valence-electron chi connectivity index (χ4n) is 2.19. The molecule has 0 aliphatic carbocycles. The number of carbonyl (C=O) groups excluding carboxylic acids is 1. The van der Waals surface area contributed by atoms with Crippen molar-refractivity contribution in [1.29, 1.82) is 0 Å². The monoisotopic (exact) mass is 282 g/mol. The summed E-state index contributed by atoms with van der Waals surface area (Å²) >= 11 is 1.53. The van der Waals surface area contributed by atoms with Crippen LogP contribution in [0.4, 0.5) is 0 Å². The normalized spacial score (nSPS) is 19.7. The Balaban J connectivity index is 1.80. The van der Waals surface area contributed by atoms with Gasteiger partial charge >= 0.3 is 5.97 Å². The highest BCUT2D eigenvalue weighted by Crippen LogP contribution is 2.18. The van der Waals surface area contributed by atoms with Crippen molar-refractivity contribution in [2.75, 3.05) is 13.6 Å². The van der Waals surface area contributed by atoms with Gasteiger partial charge in [-0.05, 0) is 18.6 Å². The topological polar surface area (TPSA) is 69.6 Å². The van der Waals surface area contributed by atoms with Gasteiger partial charge in [-0.3, -0.25) is 9.59 Å². The molecule has 5 nitrogen and oxygen atoms in total. The van der Waals surface area contributed by atoms with E-state index in [4.69, 9.17) is 5.11 Å². The Hall–Kier alpha value is -1.40. The number of likely N-dealkylation sites (N-methyl/N-ethyl adjacent to an activating group) is 1. The van der Waals surface area contributed by atoms with Gasteiger partial charge in [0.25, 0.3) is 0 Å². The molecule has 19 heavy (non-hydrogen) atoms. The lowest BCUT2D eigenvalue weighted by molar-refractivity contribution is -0.136. The molecule has 2 N–H and O–H groups in total. The highest BCUT2D eigenvalue weighted by atomic mass is 32.1. The first-order valence-electron chi connectivity index (χ1n) is 6.31. The Kier molecular flexibility index (Phi) is 4.55. The zero-order valence-electron chi connectivity index (χ0n) is 10.9. The second-order valence-electron chi connectivity index (χ2n) is 4.83. The van der Waals surface area contributed by atoms with E-state index in [1.807, 2.05) is 19.2 Å². The molecule has 1 saturated heterocycles. The fraction of sp³-hybridized carbons (Fsp3) is 0.538. The third-order valence-electron chi connectivity index (χ3n) is 3.23. The average molecular weight is 282 g/mol. The first-order valence-corrected chi connectivity index (χ1v) is 7.13. The zero-order chi connectivity index (χ0) is 13.8. The van der Waals surface area contributed by atoms with Crippen molar-refractivity contribution in [3.8, 4) is 0 Å². The van der Waals surface area contributed by atoms with Crippen molar-refractivity contribution in [2.45, 2.75) is 31.8 Å². The number of amides is 1. The molecule has 1 aliphatic rings. The van der Waals surface area contributed by atoms with Crippen LogP contribution in [0.2, 0.25) is 0 Å². The molecule has 6 heteroatoms. The molecule has 0 spiro atoms. The number of nitrogens with one attached hydrogen (secondary N) is 1. The minimum absolute atomic E-state index is 0.0886. The Morgan fingerprint density at radius 1 is 1.53 bits per heavy atom. The van der Waals surface area contributed by atoms with Crippen LogP contribution >= 0.6 is 11.3 Å². The maximum atomic E-state index is 11.4. The molecule has 0 aromatic carbocycles. The van der Waals surface area contributed by atoms with E-state index in [9.17, 15) is 9.59 Å². The summed E-state index contributed by atoms with van der Waals surface area (Å²) in [6, 6.07) is 4.16. The van der Waals surface area contributed by atoms with Gasteiger partial charge in [-0.25, -0.2) is 0 Å². The number of hydrogen-bond acceptors (Lipinski definition) is 4. The Bertz CT molecular complexity index is 472. The number of likely N-dealkylation sites (tertiary alicyclic amines) is 1. The molecule has 0 saturated carbocycles. The van der Waals surface area contributed by atoms with Crippen molar-refractivity contribution in [3.63, 3.8) is 0 Å². The number of carbonyl (C=O) groups is 2. The van der Waals surface area contributed by atoms with Crippen LogP contribution in [-0.2, 0) is 22.6 Å². The molecule has 1 aromatic heterocycles. The van der Waals surface area contributed by atoms with Crippen LogP contribution in [0.1, 0.15) is 22.6 Å². The van der Waals surface area contributed by atoms with Gasteiger partial charge in [0.1, 0.15) is 0 Å². The number of thiophene rings is 1. The maximum absolute atomic E-state index is 11.4. The number of nitrogens with zero attached hydrogens (tertiary/aromatic N) is 1. The summed E-state index contributed by atoms with van der Waals surface area (Å²) in [5.74, 6) is -0.591. The third-order valence-corrected chi connectivity index (χ3v) is 4.32. The predicted octanol–water partition coefficient (Wildman–Crippen LogP) is 1.09. The van der Waals surface area contributed by atoms with Gasteiger partial charge in [-0.2, -0.15) is 0 Å². The Morgan fingerprint density at radius 3 is 2.95 bits per heavy atom. The summed E-state index contributed by atoms with van der Waals surface area (Å²) in [5.41, 5.74) is 0. The van der Waals surface area contributed by atoms with Gasteiger partial charge in [0.05, 0.1) is 6.42 Å². The molecule has 1 aliphatic heterocycles. The van der Waals surface area contributed by atoms with Gasteiger partial charge in [-0.1, -0.05) is 0 Å². The van der Waals surface area contributed by atoms with Crippen LogP contribution in [-0.4, -0.2) is 41.5 Å². The first kappa shape index (κ1) is 14.0. The van der Waals surface area contributed by atoms with Crippen LogP contribution < -0.4 is 5.32 Å². The molecule has 104 valence electrons. The summed E-state index contributed by atoms with van der Waals surface area (Å²) in [5, 5.41) is 12.1. The smallest absolute Gasteiger partial charge is 0.308 e. The van der Waals surface area contributed by atoms with Gasteiger partial charge in [-0.15, -0.1) is 11.3 Å². The van der Waals surface area contributed by atoms with Crippen molar-refractivity contribution in [2.24, 2.45) is 0 Å². The third kappa shape index (κ3) is 4.04. The molecule has 1 unspecified atom stereocenters. The van der Waals surface area contributed by atoms with E-state index in [1.165, 1.54) is 11.3 Å². The van der Waals surface area contributed by atoms with E-state index >= 15 is 0 Å². The number of piperidine rings is 1. The Morgan fingerprint density at radius 2 is 2.26 bits per heavy atom. The lowest BCUT2D eigenvalue weighted by Gasteiger charge is -2.30. The molecule has 0 bridgehead atoms. The van der Waals surface area contributed by atoms with Gasteiger partial charge in [0, 0.05) is 42.4 Å². The standard InChI is InChI=1S/C13H18N2O3S/c1-15-8-9(2-5-12(15)16)14-7-11-4-3-10(19-11)6-13(17)18/h3-4,9,14H,2,5-8H2,1H3,(H,17,18). The summed E-state index contributed by atoms with van der Waals surface area (Å²) in [7, 11) is 1.83. The van der Waals surface area contributed by atoms with Crippen molar-refractivity contribution < 1.29 is 14.7 Å². The highest BCUT2D eigenvalue weighted by Gasteiger charge is 2.22. The summed E-state index contributed by atoms with van der Waals surface area (Å²) < 4.78 is 0. The summed E-state index contributed by atoms with van der Waals surface area (Å²) in [6.45, 7) is 1.48. The minimum atomic E-state index is -0.797. The second-order valence-corrected chi connectivity index (χ2v) is 6.08. The highest BCUT2D eigenvalue weighted by molar-refractivity contribution is 7.12. The molecule has 1 aromatic rings. The van der Waals surface area contributed by atoms with Crippen molar-refractivity contribution in [1.82, 2.24) is 10.2 Å². The van der Waals surface area contributed by atoms with Crippen LogP contribution in [0.5, 0.6) is 0 Å². The Labute approximate surface area is 116 Å². The lowest BCUT2D eigenvalue weighted by Crippen LogP contribution is -2.46. The molecule has 1 atom stereocenters. The predicted molar refractivity (Wildman–Crippen MR) is 73.2 cm³/mol. The van der Waals surface area contributed by atoms with Crippen molar-refractivity contribution in [3.05, 3.63) is 21.9 Å². The molecule has 1 amide bonds. The average Bonchev–Trinajstić information content (AvgIpc) is 2.77. The van der Waals surface area contributed by atoms with Gasteiger partial charge in [0.2, 0.25) is 5.91 Å². The van der Waals surface area contributed by atoms with Crippen LogP contribution in [0, 0.1) is 0 Å². The molecule has 0 radical (unpaired) electrons. The number of aliphatic carboxylic acids is 1. The number of rotatable bonds is 5.